The van der Waals surface area contributed by atoms with Gasteiger partial charge in [-0.2, -0.15) is 0 Å². The van der Waals surface area contributed by atoms with Crippen LogP contribution in [0, 0.1) is 6.92 Å². The normalized spacial score (nSPS) is 10.4. The predicted molar refractivity (Wildman–Crippen MR) is 91.8 cm³/mol. The third kappa shape index (κ3) is 3.38. The molecule has 0 saturated carbocycles. The lowest BCUT2D eigenvalue weighted by atomic mass is 10.1. The second-order valence-electron chi connectivity index (χ2n) is 5.40. The van der Waals surface area contributed by atoms with E-state index in [1.54, 1.807) is 19.3 Å². The van der Waals surface area contributed by atoms with E-state index in [4.69, 9.17) is 0 Å². The smallest absolute Gasteiger partial charge is 0.258 e. The minimum atomic E-state index is -0.419. The third-order valence-electron chi connectivity index (χ3n) is 3.52. The van der Waals surface area contributed by atoms with Crippen molar-refractivity contribution in [3.05, 3.63) is 76.3 Å². The number of pyridine rings is 1. The SMILES string of the molecule is Cc1cc(-c2ccccc2)nc(NC(=O)c2ccn(C)c(=O)c2)n1. The van der Waals surface area contributed by atoms with Crippen LogP contribution in [0.1, 0.15) is 16.1 Å². The molecule has 0 aliphatic carbocycles. The molecular formula is C18H16N4O2. The highest BCUT2D eigenvalue weighted by atomic mass is 16.2. The van der Waals surface area contributed by atoms with Crippen LogP contribution in [0.15, 0.2) is 59.5 Å². The Labute approximate surface area is 138 Å². The average molecular weight is 320 g/mol. The fourth-order valence-corrected chi connectivity index (χ4v) is 2.24. The summed E-state index contributed by atoms with van der Waals surface area (Å²) >= 11 is 0. The van der Waals surface area contributed by atoms with Crippen molar-refractivity contribution >= 4 is 11.9 Å². The van der Waals surface area contributed by atoms with E-state index < -0.39 is 5.91 Å². The van der Waals surface area contributed by atoms with Gasteiger partial charge < -0.3 is 4.57 Å². The van der Waals surface area contributed by atoms with Gasteiger partial charge in [-0.15, -0.1) is 0 Å². The molecule has 120 valence electrons. The number of carbonyl (C=O) groups excluding carboxylic acids is 1. The van der Waals surface area contributed by atoms with E-state index in [1.165, 1.54) is 10.6 Å². The molecular weight excluding hydrogens is 304 g/mol. The summed E-state index contributed by atoms with van der Waals surface area (Å²) in [4.78, 5) is 32.6. The van der Waals surface area contributed by atoms with Crippen molar-refractivity contribution in [3.63, 3.8) is 0 Å². The summed E-state index contributed by atoms with van der Waals surface area (Å²) in [6.45, 7) is 1.84. The lowest BCUT2D eigenvalue weighted by molar-refractivity contribution is 0.102. The first-order chi connectivity index (χ1) is 11.5. The molecule has 0 aliphatic rings. The van der Waals surface area contributed by atoms with Gasteiger partial charge in [-0.3, -0.25) is 14.9 Å². The molecule has 0 spiro atoms. The van der Waals surface area contributed by atoms with E-state index in [0.29, 0.717) is 0 Å². The van der Waals surface area contributed by atoms with Crippen LogP contribution in [0.3, 0.4) is 0 Å². The molecule has 0 radical (unpaired) electrons. The summed E-state index contributed by atoms with van der Waals surface area (Å²) in [6, 6.07) is 14.4. The Kier molecular flexibility index (Phi) is 4.20. The van der Waals surface area contributed by atoms with Crippen LogP contribution >= 0.6 is 0 Å². The van der Waals surface area contributed by atoms with Crippen molar-refractivity contribution in [3.8, 4) is 11.3 Å². The number of amides is 1. The predicted octanol–water partition coefficient (Wildman–Crippen LogP) is 2.40. The number of aryl methyl sites for hydroxylation is 2. The molecule has 0 unspecified atom stereocenters. The van der Waals surface area contributed by atoms with Crippen LogP contribution in [0.2, 0.25) is 0 Å². The molecule has 0 saturated heterocycles. The summed E-state index contributed by atoms with van der Waals surface area (Å²) in [5, 5.41) is 2.65. The number of carbonyl (C=O) groups is 1. The Morgan fingerprint density at radius 3 is 2.54 bits per heavy atom. The Bertz CT molecular complexity index is 949. The Balaban J connectivity index is 1.90. The Morgan fingerprint density at radius 1 is 1.08 bits per heavy atom. The second-order valence-corrected chi connectivity index (χ2v) is 5.40. The molecule has 0 aliphatic heterocycles. The van der Waals surface area contributed by atoms with Crippen LogP contribution < -0.4 is 10.9 Å². The fraction of sp³-hybridized carbons (Fsp3) is 0.111. The van der Waals surface area contributed by atoms with Gasteiger partial charge >= 0.3 is 0 Å². The number of aromatic nitrogens is 3. The molecule has 6 nitrogen and oxygen atoms in total. The van der Waals surface area contributed by atoms with Crippen molar-refractivity contribution in [1.29, 1.82) is 0 Å². The maximum absolute atomic E-state index is 12.3. The minimum Gasteiger partial charge on any atom is -0.319 e. The number of rotatable bonds is 3. The molecule has 6 heteroatoms. The number of nitrogens with zero attached hydrogens (tertiary/aromatic N) is 3. The number of benzene rings is 1. The molecule has 0 fully saturated rings. The molecule has 0 atom stereocenters. The highest BCUT2D eigenvalue weighted by Gasteiger charge is 2.11. The van der Waals surface area contributed by atoms with E-state index in [0.717, 1.165) is 17.0 Å². The zero-order valence-electron chi connectivity index (χ0n) is 13.4. The molecule has 1 aromatic carbocycles. The van der Waals surface area contributed by atoms with Gasteiger partial charge in [0, 0.05) is 36.1 Å². The molecule has 0 bridgehead atoms. The van der Waals surface area contributed by atoms with E-state index in [9.17, 15) is 9.59 Å². The van der Waals surface area contributed by atoms with E-state index in [-0.39, 0.29) is 17.1 Å². The van der Waals surface area contributed by atoms with Gasteiger partial charge in [-0.05, 0) is 19.1 Å². The van der Waals surface area contributed by atoms with Crippen molar-refractivity contribution in [2.24, 2.45) is 7.05 Å². The Morgan fingerprint density at radius 2 is 1.83 bits per heavy atom. The van der Waals surface area contributed by atoms with E-state index >= 15 is 0 Å². The zero-order chi connectivity index (χ0) is 17.1. The van der Waals surface area contributed by atoms with Gasteiger partial charge in [-0.1, -0.05) is 30.3 Å². The molecule has 3 aromatic rings. The van der Waals surface area contributed by atoms with E-state index in [1.807, 2.05) is 43.3 Å². The van der Waals surface area contributed by atoms with Gasteiger partial charge in [0.15, 0.2) is 0 Å². The largest absolute Gasteiger partial charge is 0.319 e. The highest BCUT2D eigenvalue weighted by Crippen LogP contribution is 2.18. The topological polar surface area (TPSA) is 76.9 Å². The highest BCUT2D eigenvalue weighted by molar-refractivity contribution is 6.03. The molecule has 2 aromatic heterocycles. The van der Waals surface area contributed by atoms with Crippen LogP contribution in [0.25, 0.3) is 11.3 Å². The summed E-state index contributed by atoms with van der Waals surface area (Å²) in [5.74, 6) is -0.211. The van der Waals surface area contributed by atoms with Crippen LogP contribution in [0.4, 0.5) is 5.95 Å². The first kappa shape index (κ1) is 15.6. The Hall–Kier alpha value is -3.28. The molecule has 2 heterocycles. The zero-order valence-corrected chi connectivity index (χ0v) is 13.4. The van der Waals surface area contributed by atoms with Crippen molar-refractivity contribution in [2.45, 2.75) is 6.92 Å². The molecule has 3 rings (SSSR count). The number of nitrogens with one attached hydrogen (secondary N) is 1. The van der Waals surface area contributed by atoms with E-state index in [2.05, 4.69) is 15.3 Å². The first-order valence-electron chi connectivity index (χ1n) is 7.42. The molecule has 24 heavy (non-hydrogen) atoms. The summed E-state index contributed by atoms with van der Waals surface area (Å²) in [6.07, 6.45) is 1.55. The average Bonchev–Trinajstić information content (AvgIpc) is 2.57. The monoisotopic (exact) mass is 320 g/mol. The first-order valence-corrected chi connectivity index (χ1v) is 7.42. The maximum atomic E-state index is 12.3. The van der Waals surface area contributed by atoms with Crippen molar-refractivity contribution < 1.29 is 4.79 Å². The minimum absolute atomic E-state index is 0.208. The van der Waals surface area contributed by atoms with Crippen molar-refractivity contribution in [2.75, 3.05) is 5.32 Å². The maximum Gasteiger partial charge on any atom is 0.258 e. The summed E-state index contributed by atoms with van der Waals surface area (Å²) in [5.41, 5.74) is 2.42. The number of anilines is 1. The van der Waals surface area contributed by atoms with Gasteiger partial charge in [0.05, 0.1) is 5.69 Å². The van der Waals surface area contributed by atoms with Gasteiger partial charge in [0.1, 0.15) is 0 Å². The van der Waals surface area contributed by atoms with Gasteiger partial charge in [-0.25, -0.2) is 9.97 Å². The quantitative estimate of drug-likeness (QED) is 0.804. The fourth-order valence-electron chi connectivity index (χ4n) is 2.24. The van der Waals surface area contributed by atoms with Gasteiger partial charge in [0.2, 0.25) is 5.95 Å². The lowest BCUT2D eigenvalue weighted by Crippen LogP contribution is -2.20. The van der Waals surface area contributed by atoms with Crippen LogP contribution in [0.5, 0.6) is 0 Å². The summed E-state index contributed by atoms with van der Waals surface area (Å²) < 4.78 is 1.40. The van der Waals surface area contributed by atoms with Crippen LogP contribution in [-0.4, -0.2) is 20.4 Å². The summed E-state index contributed by atoms with van der Waals surface area (Å²) in [7, 11) is 1.62. The third-order valence-corrected chi connectivity index (χ3v) is 3.52. The second kappa shape index (κ2) is 6.45. The lowest BCUT2D eigenvalue weighted by Gasteiger charge is -2.08. The van der Waals surface area contributed by atoms with Crippen molar-refractivity contribution in [1.82, 2.24) is 14.5 Å². The standard InChI is InChI=1S/C18H16N4O2/c1-12-10-15(13-6-4-3-5-7-13)20-18(19-12)21-17(24)14-8-9-22(2)16(23)11-14/h3-11H,1-2H3,(H,19,20,21,24). The van der Waals surface area contributed by atoms with Gasteiger partial charge in [0.25, 0.3) is 11.5 Å². The molecule has 1 amide bonds. The van der Waals surface area contributed by atoms with Crippen LogP contribution in [-0.2, 0) is 7.05 Å². The number of hydrogen-bond acceptors (Lipinski definition) is 4. The number of hydrogen-bond donors (Lipinski definition) is 1. The molecule has 1 N–H and O–H groups in total.